The third kappa shape index (κ3) is 4.79. The molecule has 3 atom stereocenters. The van der Waals surface area contributed by atoms with Gasteiger partial charge in [0.05, 0.1) is 6.04 Å². The van der Waals surface area contributed by atoms with Gasteiger partial charge >= 0.3 is 0 Å². The zero-order valence-electron chi connectivity index (χ0n) is 14.0. The fourth-order valence-electron chi connectivity index (χ4n) is 2.80. The molecule has 0 aliphatic heterocycles. The number of rotatable bonds is 9. The maximum absolute atomic E-state index is 14.3. The van der Waals surface area contributed by atoms with E-state index in [1.54, 1.807) is 12.1 Å². The fourth-order valence-corrected chi connectivity index (χ4v) is 2.80. The second kappa shape index (κ2) is 9.16. The second-order valence-corrected chi connectivity index (χ2v) is 5.89. The number of nitrogens with two attached hydrogens (primary N) is 1. The molecule has 120 valence electrons. The van der Waals surface area contributed by atoms with Crippen LogP contribution in [0.1, 0.15) is 65.0 Å². The highest BCUT2D eigenvalue weighted by Crippen LogP contribution is 2.30. The summed E-state index contributed by atoms with van der Waals surface area (Å²) >= 11 is 0. The topological polar surface area (TPSA) is 29.3 Å². The molecule has 0 radical (unpaired) electrons. The first-order chi connectivity index (χ1) is 10.1. The van der Waals surface area contributed by atoms with E-state index in [1.807, 2.05) is 12.1 Å². The molecule has 0 saturated heterocycles. The molecule has 3 heteroatoms. The Morgan fingerprint density at radius 3 is 2.33 bits per heavy atom. The zero-order valence-corrected chi connectivity index (χ0v) is 14.0. The number of hydrogen-bond donors (Lipinski definition) is 1. The molecule has 1 aromatic carbocycles. The van der Waals surface area contributed by atoms with Crippen molar-refractivity contribution < 1.29 is 4.39 Å². The van der Waals surface area contributed by atoms with Gasteiger partial charge in [-0.05, 0) is 38.8 Å². The van der Waals surface area contributed by atoms with E-state index in [-0.39, 0.29) is 17.9 Å². The van der Waals surface area contributed by atoms with Crippen LogP contribution in [0.25, 0.3) is 0 Å². The summed E-state index contributed by atoms with van der Waals surface area (Å²) in [6, 6.07) is 7.38. The summed E-state index contributed by atoms with van der Waals surface area (Å²) < 4.78 is 14.3. The molecule has 0 saturated carbocycles. The van der Waals surface area contributed by atoms with E-state index < -0.39 is 0 Å². The Morgan fingerprint density at radius 1 is 1.14 bits per heavy atom. The molecule has 1 rings (SSSR count). The third-order valence-electron chi connectivity index (χ3n) is 4.38. The van der Waals surface area contributed by atoms with Gasteiger partial charge in [-0.3, -0.25) is 4.90 Å². The summed E-state index contributed by atoms with van der Waals surface area (Å²) in [7, 11) is 0. The SMILES string of the molecule is CCCCN(C(C)CC)C(c1ccccc1F)C(N)CC. The van der Waals surface area contributed by atoms with Crippen molar-refractivity contribution in [2.45, 2.75) is 71.5 Å². The van der Waals surface area contributed by atoms with Crippen molar-refractivity contribution in [3.63, 3.8) is 0 Å². The molecule has 0 amide bonds. The van der Waals surface area contributed by atoms with Crippen molar-refractivity contribution in [1.82, 2.24) is 4.90 Å². The van der Waals surface area contributed by atoms with Crippen molar-refractivity contribution in [2.75, 3.05) is 6.54 Å². The zero-order chi connectivity index (χ0) is 15.8. The lowest BCUT2D eigenvalue weighted by atomic mass is 9.93. The maximum Gasteiger partial charge on any atom is 0.128 e. The summed E-state index contributed by atoms with van der Waals surface area (Å²) in [5, 5.41) is 0. The Labute approximate surface area is 129 Å². The lowest BCUT2D eigenvalue weighted by Crippen LogP contribution is -2.45. The van der Waals surface area contributed by atoms with E-state index in [2.05, 4.69) is 32.6 Å². The Morgan fingerprint density at radius 2 is 1.81 bits per heavy atom. The minimum Gasteiger partial charge on any atom is -0.326 e. The van der Waals surface area contributed by atoms with Crippen LogP contribution in [-0.2, 0) is 0 Å². The highest BCUT2D eigenvalue weighted by molar-refractivity contribution is 5.23. The van der Waals surface area contributed by atoms with Crippen molar-refractivity contribution in [1.29, 1.82) is 0 Å². The average Bonchev–Trinajstić information content (AvgIpc) is 2.51. The summed E-state index contributed by atoms with van der Waals surface area (Å²) in [5.41, 5.74) is 7.11. The molecule has 2 N–H and O–H groups in total. The second-order valence-electron chi connectivity index (χ2n) is 5.89. The molecular formula is C18H31FN2. The van der Waals surface area contributed by atoms with E-state index in [4.69, 9.17) is 5.73 Å². The van der Waals surface area contributed by atoms with Crippen LogP contribution in [0, 0.1) is 5.82 Å². The smallest absolute Gasteiger partial charge is 0.128 e. The van der Waals surface area contributed by atoms with E-state index >= 15 is 0 Å². The molecule has 0 bridgehead atoms. The predicted octanol–water partition coefficient (Wildman–Crippen LogP) is 4.50. The number of halogens is 1. The van der Waals surface area contributed by atoms with E-state index in [1.165, 1.54) is 0 Å². The van der Waals surface area contributed by atoms with E-state index in [0.717, 1.165) is 37.8 Å². The van der Waals surface area contributed by atoms with Crippen LogP contribution in [0.2, 0.25) is 0 Å². The summed E-state index contributed by atoms with van der Waals surface area (Å²) in [5.74, 6) is -0.142. The van der Waals surface area contributed by atoms with Gasteiger partial charge in [0.25, 0.3) is 0 Å². The van der Waals surface area contributed by atoms with Gasteiger partial charge in [-0.15, -0.1) is 0 Å². The fraction of sp³-hybridized carbons (Fsp3) is 0.667. The van der Waals surface area contributed by atoms with Crippen LogP contribution in [0.15, 0.2) is 24.3 Å². The van der Waals surface area contributed by atoms with Crippen molar-refractivity contribution in [3.8, 4) is 0 Å². The van der Waals surface area contributed by atoms with Crippen molar-refractivity contribution >= 4 is 0 Å². The van der Waals surface area contributed by atoms with Gasteiger partial charge in [0, 0.05) is 17.6 Å². The number of nitrogens with zero attached hydrogens (tertiary/aromatic N) is 1. The van der Waals surface area contributed by atoms with Crippen LogP contribution in [-0.4, -0.2) is 23.5 Å². The van der Waals surface area contributed by atoms with Gasteiger partial charge in [-0.2, -0.15) is 0 Å². The monoisotopic (exact) mass is 294 g/mol. The van der Waals surface area contributed by atoms with Gasteiger partial charge in [-0.25, -0.2) is 4.39 Å². The minimum absolute atomic E-state index is 0.0438. The number of unbranched alkanes of at least 4 members (excludes halogenated alkanes) is 1. The molecule has 0 spiro atoms. The average molecular weight is 294 g/mol. The van der Waals surface area contributed by atoms with E-state index in [0.29, 0.717) is 6.04 Å². The maximum atomic E-state index is 14.3. The summed E-state index contributed by atoms with van der Waals surface area (Å²) in [6.45, 7) is 9.63. The summed E-state index contributed by atoms with van der Waals surface area (Å²) in [4.78, 5) is 2.40. The first kappa shape index (κ1) is 18.1. The van der Waals surface area contributed by atoms with Gasteiger partial charge in [0.1, 0.15) is 5.82 Å². The molecule has 0 aliphatic carbocycles. The van der Waals surface area contributed by atoms with Crippen LogP contribution >= 0.6 is 0 Å². The molecule has 3 unspecified atom stereocenters. The number of hydrogen-bond acceptors (Lipinski definition) is 2. The highest BCUT2D eigenvalue weighted by Gasteiger charge is 2.30. The van der Waals surface area contributed by atoms with Crippen molar-refractivity contribution in [3.05, 3.63) is 35.6 Å². The molecule has 0 aliphatic rings. The molecule has 0 aromatic heterocycles. The van der Waals surface area contributed by atoms with Crippen LogP contribution in [0.3, 0.4) is 0 Å². The standard InChI is InChI=1S/C18H31FN2/c1-5-8-13-21(14(4)6-2)18(17(20)7-3)15-11-9-10-12-16(15)19/h9-12,14,17-18H,5-8,13,20H2,1-4H3. The first-order valence-electron chi connectivity index (χ1n) is 8.32. The predicted molar refractivity (Wildman–Crippen MR) is 88.8 cm³/mol. The van der Waals surface area contributed by atoms with Crippen LogP contribution < -0.4 is 5.73 Å². The largest absolute Gasteiger partial charge is 0.326 e. The molecule has 1 aromatic rings. The third-order valence-corrected chi connectivity index (χ3v) is 4.38. The quantitative estimate of drug-likeness (QED) is 0.726. The van der Waals surface area contributed by atoms with E-state index in [9.17, 15) is 4.39 Å². The van der Waals surface area contributed by atoms with Gasteiger partial charge in [0.2, 0.25) is 0 Å². The molecule has 0 heterocycles. The highest BCUT2D eigenvalue weighted by atomic mass is 19.1. The van der Waals surface area contributed by atoms with Gasteiger partial charge in [0.15, 0.2) is 0 Å². The minimum atomic E-state index is -0.142. The van der Waals surface area contributed by atoms with Crippen LogP contribution in [0.5, 0.6) is 0 Å². The van der Waals surface area contributed by atoms with Gasteiger partial charge in [-0.1, -0.05) is 45.4 Å². The Bertz CT molecular complexity index is 408. The Hall–Kier alpha value is -0.930. The number of benzene rings is 1. The first-order valence-corrected chi connectivity index (χ1v) is 8.32. The summed E-state index contributed by atoms with van der Waals surface area (Å²) in [6.07, 6.45) is 4.15. The van der Waals surface area contributed by atoms with Gasteiger partial charge < -0.3 is 5.73 Å². The lowest BCUT2D eigenvalue weighted by Gasteiger charge is -2.39. The molecule has 2 nitrogen and oxygen atoms in total. The van der Waals surface area contributed by atoms with Crippen LogP contribution in [0.4, 0.5) is 4.39 Å². The normalized spacial score (nSPS) is 16.0. The Balaban J connectivity index is 3.16. The Kier molecular flexibility index (Phi) is 7.91. The molecular weight excluding hydrogens is 263 g/mol. The molecule has 0 fully saturated rings. The van der Waals surface area contributed by atoms with Crippen molar-refractivity contribution in [2.24, 2.45) is 5.73 Å². The molecule has 21 heavy (non-hydrogen) atoms. The lowest BCUT2D eigenvalue weighted by molar-refractivity contribution is 0.113.